The first-order chi connectivity index (χ1) is 15.0. The second-order valence-corrected chi connectivity index (χ2v) is 10.4. The van der Waals surface area contributed by atoms with Gasteiger partial charge in [-0.3, -0.25) is 4.79 Å². The van der Waals surface area contributed by atoms with Crippen molar-refractivity contribution >= 4 is 23.7 Å². The minimum Gasteiger partial charge on any atom is -0.388 e. The predicted molar refractivity (Wildman–Crippen MR) is 128 cm³/mol. The Labute approximate surface area is 193 Å². The summed E-state index contributed by atoms with van der Waals surface area (Å²) in [5.41, 5.74) is 5.43. The molecule has 0 spiro atoms. The fourth-order valence-electron chi connectivity index (χ4n) is 7.99. The maximum atomic E-state index is 13.0. The van der Waals surface area contributed by atoms with Gasteiger partial charge in [0.25, 0.3) is 0 Å². The summed E-state index contributed by atoms with van der Waals surface area (Å²) in [5, 5.41) is 7.62. The van der Waals surface area contributed by atoms with Crippen LogP contribution in [0.1, 0.15) is 78.6 Å². The second kappa shape index (κ2) is 10.6. The molecule has 31 heavy (non-hydrogen) atoms. The van der Waals surface area contributed by atoms with Gasteiger partial charge in [-0.1, -0.05) is 26.7 Å². The van der Waals surface area contributed by atoms with Crippen LogP contribution < -0.4 is 11.6 Å². The number of hydrazone groups is 1. The highest BCUT2D eigenvalue weighted by molar-refractivity contribution is 6.30. The van der Waals surface area contributed by atoms with E-state index in [-0.39, 0.29) is 23.7 Å². The normalized spacial score (nSPS) is 41.0. The van der Waals surface area contributed by atoms with Crippen LogP contribution in [0.25, 0.3) is 0 Å². The number of nitrogens with two attached hydrogens (primary N) is 2. The molecule has 0 aromatic carbocycles. The van der Waals surface area contributed by atoms with Gasteiger partial charge in [0.15, 0.2) is 5.78 Å². The van der Waals surface area contributed by atoms with Gasteiger partial charge in [-0.05, 0) is 104 Å². The average Bonchev–Trinajstić information content (AvgIpc) is 3.12. The number of halogens is 1. The molecule has 174 valence electrons. The van der Waals surface area contributed by atoms with Crippen molar-refractivity contribution in [3.8, 4) is 11.3 Å². The minimum atomic E-state index is 0.111. The summed E-state index contributed by atoms with van der Waals surface area (Å²) < 4.78 is 0. The largest absolute Gasteiger partial charge is 0.388 e. The van der Waals surface area contributed by atoms with Crippen LogP contribution in [0.3, 0.4) is 0 Å². The zero-order valence-corrected chi connectivity index (χ0v) is 20.3. The number of carbonyl (C=O) groups is 1. The molecule has 4 N–H and O–H groups in total. The van der Waals surface area contributed by atoms with Crippen molar-refractivity contribution in [1.29, 1.82) is 0 Å². The lowest BCUT2D eigenvalue weighted by molar-refractivity contribution is -0.131. The van der Waals surface area contributed by atoms with Crippen molar-refractivity contribution in [2.45, 2.75) is 78.6 Å². The predicted octanol–water partition coefficient (Wildman–Crippen LogP) is 4.74. The highest BCUT2D eigenvalue weighted by atomic mass is 35.5. The lowest BCUT2D eigenvalue weighted by atomic mass is 9.49. The summed E-state index contributed by atoms with van der Waals surface area (Å²) >= 11 is 5.67. The molecule has 4 fully saturated rings. The lowest BCUT2D eigenvalue weighted by Gasteiger charge is -2.56. The molecule has 0 aromatic rings. The van der Waals surface area contributed by atoms with E-state index >= 15 is 0 Å². The Bertz CT molecular complexity index is 716. The number of carbonyl (C=O) groups excluding carboxylic acids is 1. The SMILES string of the molecule is CC.CC12CCC3C4CCC(C#CCl)CC4CCC3C1CCC2C(=O)CN(N)/N=C\N. The molecule has 0 aliphatic heterocycles. The van der Waals surface area contributed by atoms with Crippen molar-refractivity contribution in [3.05, 3.63) is 0 Å². The Morgan fingerprint density at radius 3 is 2.58 bits per heavy atom. The third-order valence-corrected chi connectivity index (χ3v) is 9.24. The van der Waals surface area contributed by atoms with E-state index in [9.17, 15) is 4.79 Å². The van der Waals surface area contributed by atoms with Crippen LogP contribution in [0.4, 0.5) is 0 Å². The summed E-state index contributed by atoms with van der Waals surface area (Å²) in [5.74, 6) is 13.9. The van der Waals surface area contributed by atoms with Crippen LogP contribution in [-0.2, 0) is 4.79 Å². The summed E-state index contributed by atoms with van der Waals surface area (Å²) in [6.07, 6.45) is 12.2. The standard InChI is InChI=1S/C23H35ClN4O.C2H6/c1-23-10-8-18-17-4-2-15(9-11-24)12-16(17)3-5-19(18)20(23)6-7-21(23)22(29)13-28(26)27-14-25;1-2/h14-21H,2-8,10,12-13,26H2,1H3,(H2,25,27);1-2H3. The fraction of sp³-hybridized carbons (Fsp3) is 0.840. The van der Waals surface area contributed by atoms with Crippen molar-refractivity contribution in [3.63, 3.8) is 0 Å². The Morgan fingerprint density at radius 2 is 1.87 bits per heavy atom. The average molecular weight is 449 g/mol. The molecule has 0 radical (unpaired) electrons. The highest BCUT2D eigenvalue weighted by Crippen LogP contribution is 2.64. The number of fused-ring (bicyclic) bond motifs is 5. The first-order valence-electron chi connectivity index (χ1n) is 12.4. The van der Waals surface area contributed by atoms with E-state index in [0.717, 1.165) is 36.4 Å². The summed E-state index contributed by atoms with van der Waals surface area (Å²) in [7, 11) is 0. The van der Waals surface area contributed by atoms with Gasteiger partial charge >= 0.3 is 0 Å². The van der Waals surface area contributed by atoms with Gasteiger partial charge in [0.05, 0.1) is 0 Å². The van der Waals surface area contributed by atoms with E-state index < -0.39 is 0 Å². The van der Waals surface area contributed by atoms with Crippen LogP contribution in [-0.4, -0.2) is 23.8 Å². The monoisotopic (exact) mass is 448 g/mol. The van der Waals surface area contributed by atoms with Crippen LogP contribution in [0, 0.1) is 58.1 Å². The maximum absolute atomic E-state index is 13.0. The first kappa shape index (κ1) is 24.4. The Morgan fingerprint density at radius 1 is 1.13 bits per heavy atom. The maximum Gasteiger partial charge on any atom is 0.159 e. The molecule has 4 aliphatic carbocycles. The van der Waals surface area contributed by atoms with Gasteiger partial charge in [-0.2, -0.15) is 5.10 Å². The quantitative estimate of drug-likeness (QED) is 0.214. The second-order valence-electron chi connectivity index (χ2n) is 10.2. The molecule has 6 heteroatoms. The molecule has 0 amide bonds. The van der Waals surface area contributed by atoms with Gasteiger partial charge in [0, 0.05) is 17.2 Å². The molecular formula is C25H41ClN4O. The van der Waals surface area contributed by atoms with Gasteiger partial charge < -0.3 is 5.73 Å². The zero-order valence-electron chi connectivity index (χ0n) is 19.5. The molecule has 8 unspecified atom stereocenters. The van der Waals surface area contributed by atoms with Crippen LogP contribution in [0.2, 0.25) is 0 Å². The number of nitrogens with zero attached hydrogens (tertiary/aromatic N) is 2. The lowest BCUT2D eigenvalue weighted by Crippen LogP contribution is -2.50. The van der Waals surface area contributed by atoms with E-state index in [1.165, 1.54) is 56.5 Å². The zero-order chi connectivity index (χ0) is 22.6. The van der Waals surface area contributed by atoms with E-state index in [2.05, 4.69) is 23.3 Å². The molecule has 0 aromatic heterocycles. The highest BCUT2D eigenvalue weighted by Gasteiger charge is 2.58. The molecule has 0 heterocycles. The third-order valence-electron chi connectivity index (χ3n) is 9.13. The fourth-order valence-corrected chi connectivity index (χ4v) is 8.14. The van der Waals surface area contributed by atoms with E-state index in [1.54, 1.807) is 0 Å². The van der Waals surface area contributed by atoms with Crippen molar-refractivity contribution in [2.75, 3.05) is 6.54 Å². The van der Waals surface area contributed by atoms with Crippen LogP contribution >= 0.6 is 11.6 Å². The number of Topliss-reactive ketones (excluding diaryl/α,β-unsaturated/α-hetero) is 1. The molecule has 0 saturated heterocycles. The number of hydrogen-bond donors (Lipinski definition) is 2. The molecule has 5 nitrogen and oxygen atoms in total. The smallest absolute Gasteiger partial charge is 0.159 e. The molecular weight excluding hydrogens is 408 g/mol. The Hall–Kier alpha value is -1.25. The third kappa shape index (κ3) is 4.76. The molecule has 8 atom stereocenters. The van der Waals surface area contributed by atoms with Gasteiger partial charge in [0.2, 0.25) is 0 Å². The topological polar surface area (TPSA) is 84.7 Å². The van der Waals surface area contributed by atoms with E-state index in [4.69, 9.17) is 23.2 Å². The number of hydrogen-bond acceptors (Lipinski definition) is 4. The number of hydrazine groups is 1. The molecule has 4 rings (SSSR count). The van der Waals surface area contributed by atoms with Crippen molar-refractivity contribution in [1.82, 2.24) is 5.12 Å². The van der Waals surface area contributed by atoms with Gasteiger partial charge in [-0.25, -0.2) is 11.0 Å². The van der Waals surface area contributed by atoms with E-state index in [1.807, 2.05) is 13.8 Å². The van der Waals surface area contributed by atoms with Crippen molar-refractivity contribution < 1.29 is 4.79 Å². The van der Waals surface area contributed by atoms with Crippen LogP contribution in [0.5, 0.6) is 0 Å². The number of ketones is 1. The summed E-state index contributed by atoms with van der Waals surface area (Å²) in [4.78, 5) is 13.0. The Kier molecular flexibility index (Phi) is 8.32. The van der Waals surface area contributed by atoms with Crippen LogP contribution in [0.15, 0.2) is 5.10 Å². The minimum absolute atomic E-state index is 0.111. The summed E-state index contributed by atoms with van der Waals surface area (Å²) in [6.45, 7) is 6.54. The number of rotatable bonds is 4. The van der Waals surface area contributed by atoms with E-state index in [0.29, 0.717) is 11.8 Å². The summed E-state index contributed by atoms with van der Waals surface area (Å²) in [6, 6.07) is 0. The van der Waals surface area contributed by atoms with Gasteiger partial charge in [0.1, 0.15) is 12.9 Å². The molecule has 0 bridgehead atoms. The first-order valence-corrected chi connectivity index (χ1v) is 12.8. The molecule has 4 saturated carbocycles. The van der Waals surface area contributed by atoms with Gasteiger partial charge in [-0.15, -0.1) is 0 Å². The Balaban J connectivity index is 0.00000132. The molecule has 4 aliphatic rings. The van der Waals surface area contributed by atoms with Crippen molar-refractivity contribution in [2.24, 2.45) is 63.5 Å².